The van der Waals surface area contributed by atoms with E-state index in [-0.39, 0.29) is 30.6 Å². The maximum absolute atomic E-state index is 12.0. The highest BCUT2D eigenvalue weighted by atomic mass is 35.5. The zero-order chi connectivity index (χ0) is 21.1. The summed E-state index contributed by atoms with van der Waals surface area (Å²) in [4.78, 5) is 13.0. The molecule has 1 aromatic heterocycles. The van der Waals surface area contributed by atoms with Gasteiger partial charge in [0, 0.05) is 21.2 Å². The van der Waals surface area contributed by atoms with E-state index in [2.05, 4.69) is 5.32 Å². The monoisotopic (exact) mass is 495 g/mol. The highest BCUT2D eigenvalue weighted by Crippen LogP contribution is 2.31. The Morgan fingerprint density at radius 2 is 1.97 bits per heavy atom. The second-order valence-corrected chi connectivity index (χ2v) is 8.82. The van der Waals surface area contributed by atoms with E-state index in [0.29, 0.717) is 24.6 Å². The predicted octanol–water partition coefficient (Wildman–Crippen LogP) is 4.57. The van der Waals surface area contributed by atoms with E-state index in [4.69, 9.17) is 15.9 Å². The number of carbonyl (C=O) groups is 1. The first-order valence-electron chi connectivity index (χ1n) is 10.1. The summed E-state index contributed by atoms with van der Waals surface area (Å²) in [5, 5.41) is 21.8. The second-order valence-electron chi connectivity index (χ2n) is 7.65. The highest BCUT2D eigenvalue weighted by molar-refractivity contribution is 7.19. The number of nitrogens with two attached hydrogens (primary N) is 1. The lowest BCUT2D eigenvalue weighted by atomic mass is 9.95. The smallest absolute Gasteiger partial charge is 0.311 e. The molecule has 6 nitrogen and oxygen atoms in total. The van der Waals surface area contributed by atoms with Crippen LogP contribution in [0.15, 0.2) is 48.5 Å². The van der Waals surface area contributed by atoms with Gasteiger partial charge < -0.3 is 20.9 Å². The third-order valence-electron chi connectivity index (χ3n) is 5.48. The fourth-order valence-electron chi connectivity index (χ4n) is 3.81. The van der Waals surface area contributed by atoms with Gasteiger partial charge in [-0.15, -0.1) is 36.2 Å². The molecule has 1 aliphatic heterocycles. The summed E-state index contributed by atoms with van der Waals surface area (Å²) >= 11 is 1.58. The molecule has 3 aromatic rings. The average Bonchev–Trinajstić information content (AvgIpc) is 3.39. The van der Waals surface area contributed by atoms with E-state index in [1.807, 2.05) is 48.5 Å². The van der Waals surface area contributed by atoms with Crippen LogP contribution >= 0.6 is 36.2 Å². The van der Waals surface area contributed by atoms with Crippen molar-refractivity contribution >= 4 is 58.0 Å². The van der Waals surface area contributed by atoms with Crippen LogP contribution < -0.4 is 15.8 Å². The number of hydrogen-bond acceptors (Lipinski definition) is 5. The minimum absolute atomic E-state index is 0. The van der Waals surface area contributed by atoms with Gasteiger partial charge in [0.25, 0.3) is 0 Å². The summed E-state index contributed by atoms with van der Waals surface area (Å²) in [6.45, 7) is 1.67. The number of carboxylic acids is 1. The molecule has 0 spiro atoms. The molecule has 2 aromatic carbocycles. The van der Waals surface area contributed by atoms with Gasteiger partial charge in [-0.1, -0.05) is 12.1 Å². The van der Waals surface area contributed by atoms with Crippen molar-refractivity contribution in [3.63, 3.8) is 0 Å². The first-order chi connectivity index (χ1) is 14.5. The Labute approximate surface area is 203 Å². The maximum Gasteiger partial charge on any atom is 0.311 e. The molecule has 0 bridgehead atoms. The molecule has 172 valence electrons. The number of thiophene rings is 1. The summed E-state index contributed by atoms with van der Waals surface area (Å²) < 4.78 is 6.90. The van der Waals surface area contributed by atoms with Crippen LogP contribution in [0.2, 0.25) is 0 Å². The molecular formula is C23H27Cl2N3O3S. The van der Waals surface area contributed by atoms with E-state index in [9.17, 15) is 9.90 Å². The zero-order valence-electron chi connectivity index (χ0n) is 17.4. The molecule has 5 N–H and O–H groups in total. The summed E-state index contributed by atoms with van der Waals surface area (Å²) in [6.07, 6.45) is 2.72. The van der Waals surface area contributed by atoms with Gasteiger partial charge >= 0.3 is 5.97 Å². The standard InChI is InChI=1S/C23H25N3O3S.2ClH/c24-22(25)15-5-8-21-16(10-15)11-19(30-21)12-20(23(27)28)14-3-6-18(7-4-14)29-13-17-2-1-9-26-17;;/h3-8,10-11,17,20,26H,1-2,9,12-13H2,(H3,24,25)(H,27,28);2*1H/t17-,20?;;/m0../s1. The van der Waals surface area contributed by atoms with Gasteiger partial charge in [-0.25, -0.2) is 0 Å². The molecule has 1 saturated heterocycles. The van der Waals surface area contributed by atoms with Crippen molar-refractivity contribution in [2.45, 2.75) is 31.2 Å². The molecule has 2 heterocycles. The summed E-state index contributed by atoms with van der Waals surface area (Å²) in [5.41, 5.74) is 7.00. The van der Waals surface area contributed by atoms with Gasteiger partial charge in [-0.3, -0.25) is 10.2 Å². The van der Waals surface area contributed by atoms with Crippen molar-refractivity contribution in [1.82, 2.24) is 5.32 Å². The van der Waals surface area contributed by atoms with Gasteiger partial charge in [-0.2, -0.15) is 0 Å². The molecule has 32 heavy (non-hydrogen) atoms. The van der Waals surface area contributed by atoms with Crippen LogP contribution in [0.4, 0.5) is 0 Å². The molecule has 1 unspecified atom stereocenters. The lowest BCUT2D eigenvalue weighted by Gasteiger charge is -2.14. The topological polar surface area (TPSA) is 108 Å². The normalized spacial score (nSPS) is 16.1. The molecular weight excluding hydrogens is 469 g/mol. The lowest BCUT2D eigenvalue weighted by Crippen LogP contribution is -2.28. The SMILES string of the molecule is Cl.Cl.N=C(N)c1ccc2sc(CC(C(=O)O)c3ccc(OC[C@@H]4CCCN4)cc3)cc2c1. The van der Waals surface area contributed by atoms with Crippen molar-refractivity contribution in [3.05, 3.63) is 64.5 Å². The predicted molar refractivity (Wildman–Crippen MR) is 134 cm³/mol. The third kappa shape index (κ3) is 6.13. The van der Waals surface area contributed by atoms with E-state index in [1.54, 1.807) is 11.3 Å². The number of carboxylic acid groups (broad SMARTS) is 1. The number of nitrogen functional groups attached to an aromatic ring is 1. The van der Waals surface area contributed by atoms with Crippen LogP contribution in [0.5, 0.6) is 5.75 Å². The summed E-state index contributed by atoms with van der Waals surface area (Å²) in [5.74, 6) is -0.689. The number of amidine groups is 1. The van der Waals surface area contributed by atoms with Gasteiger partial charge in [0.15, 0.2) is 0 Å². The zero-order valence-corrected chi connectivity index (χ0v) is 19.8. The van der Waals surface area contributed by atoms with Crippen LogP contribution in [0.25, 0.3) is 10.1 Å². The Bertz CT molecular complexity index is 1070. The molecule has 0 aliphatic carbocycles. The van der Waals surface area contributed by atoms with Crippen LogP contribution in [0.1, 0.15) is 34.8 Å². The van der Waals surface area contributed by atoms with E-state index < -0.39 is 11.9 Å². The third-order valence-corrected chi connectivity index (χ3v) is 6.62. The Balaban J connectivity index is 0.00000181. The van der Waals surface area contributed by atoms with E-state index >= 15 is 0 Å². The van der Waals surface area contributed by atoms with Gasteiger partial charge in [0.05, 0.1) is 5.92 Å². The second kappa shape index (κ2) is 11.5. The molecule has 1 aliphatic rings. The first-order valence-corrected chi connectivity index (χ1v) is 10.9. The Morgan fingerprint density at radius 3 is 2.59 bits per heavy atom. The molecule has 0 amide bonds. The molecule has 1 fully saturated rings. The minimum atomic E-state index is -0.847. The molecule has 9 heteroatoms. The van der Waals surface area contributed by atoms with Crippen LogP contribution in [0.3, 0.4) is 0 Å². The Kier molecular flexibility index (Phi) is 9.33. The number of halogens is 2. The maximum atomic E-state index is 12.0. The minimum Gasteiger partial charge on any atom is -0.492 e. The van der Waals surface area contributed by atoms with Crippen molar-refractivity contribution in [2.24, 2.45) is 5.73 Å². The Hall–Kier alpha value is -2.32. The van der Waals surface area contributed by atoms with E-state index in [1.165, 1.54) is 6.42 Å². The average molecular weight is 496 g/mol. The largest absolute Gasteiger partial charge is 0.492 e. The summed E-state index contributed by atoms with van der Waals surface area (Å²) in [7, 11) is 0. The fourth-order valence-corrected chi connectivity index (χ4v) is 4.90. The highest BCUT2D eigenvalue weighted by Gasteiger charge is 2.22. The van der Waals surface area contributed by atoms with Crippen molar-refractivity contribution in [2.75, 3.05) is 13.2 Å². The molecule has 2 atom stereocenters. The van der Waals surface area contributed by atoms with Gasteiger partial charge in [-0.05, 0) is 73.2 Å². The number of rotatable bonds is 8. The van der Waals surface area contributed by atoms with Crippen LogP contribution in [0, 0.1) is 5.41 Å². The van der Waals surface area contributed by atoms with Crippen LogP contribution in [-0.4, -0.2) is 36.1 Å². The van der Waals surface area contributed by atoms with Crippen LogP contribution in [-0.2, 0) is 11.2 Å². The number of nitrogens with one attached hydrogen (secondary N) is 2. The van der Waals surface area contributed by atoms with Gasteiger partial charge in [0.1, 0.15) is 18.2 Å². The molecule has 4 rings (SSSR count). The van der Waals surface area contributed by atoms with E-state index in [0.717, 1.165) is 39.2 Å². The Morgan fingerprint density at radius 1 is 1.22 bits per heavy atom. The quantitative estimate of drug-likeness (QED) is 0.270. The van der Waals surface area contributed by atoms with Crippen molar-refractivity contribution in [3.8, 4) is 5.75 Å². The number of ether oxygens (including phenoxy) is 1. The number of fused-ring (bicyclic) bond motifs is 1. The number of hydrogen-bond donors (Lipinski definition) is 4. The number of benzene rings is 2. The summed E-state index contributed by atoms with van der Waals surface area (Å²) in [6, 6.07) is 15.4. The number of aliphatic carboxylic acids is 1. The fraction of sp³-hybridized carbons (Fsp3) is 0.304. The lowest BCUT2D eigenvalue weighted by molar-refractivity contribution is -0.138. The van der Waals surface area contributed by atoms with Crippen molar-refractivity contribution < 1.29 is 14.6 Å². The van der Waals surface area contributed by atoms with Crippen molar-refractivity contribution in [1.29, 1.82) is 5.41 Å². The molecule has 0 radical (unpaired) electrons. The first kappa shape index (κ1) is 25.9. The van der Waals surface area contributed by atoms with Gasteiger partial charge in [0.2, 0.25) is 0 Å². The molecule has 0 saturated carbocycles.